The summed E-state index contributed by atoms with van der Waals surface area (Å²) in [5, 5.41) is 1.06. The van der Waals surface area contributed by atoms with Crippen LogP contribution in [0.2, 0.25) is 0 Å². The maximum absolute atomic E-state index is 5.42. The zero-order valence-corrected chi connectivity index (χ0v) is 8.13. The smallest absolute Gasteiger partial charge is 0.120 e. The molecule has 0 atom stereocenters. The second-order valence-corrected chi connectivity index (χ2v) is 3.18. The molecule has 2 aromatic rings. The minimum Gasteiger partial charge on any atom is -0.490 e. The highest BCUT2D eigenvalue weighted by Gasteiger charge is 1.99. The molecule has 0 saturated heterocycles. The van der Waals surface area contributed by atoms with E-state index in [2.05, 4.69) is 17.6 Å². The fraction of sp³-hybridized carbons (Fsp3) is 0.167. The SMILES string of the molecule is C=CCOc1ccc2[nH]c(C)[c]c2c1. The summed E-state index contributed by atoms with van der Waals surface area (Å²) in [7, 11) is 0. The highest BCUT2D eigenvalue weighted by atomic mass is 16.5. The normalized spacial score (nSPS) is 10.4. The average molecular weight is 186 g/mol. The van der Waals surface area contributed by atoms with Gasteiger partial charge in [0.1, 0.15) is 12.4 Å². The van der Waals surface area contributed by atoms with Crippen molar-refractivity contribution in [2.75, 3.05) is 6.61 Å². The van der Waals surface area contributed by atoms with Gasteiger partial charge in [-0.3, -0.25) is 0 Å². The number of ether oxygens (including phenoxy) is 1. The van der Waals surface area contributed by atoms with Crippen LogP contribution >= 0.6 is 0 Å². The van der Waals surface area contributed by atoms with E-state index >= 15 is 0 Å². The number of aromatic amines is 1. The van der Waals surface area contributed by atoms with Crippen molar-refractivity contribution in [1.82, 2.24) is 4.98 Å². The zero-order chi connectivity index (χ0) is 9.97. The molecule has 1 aromatic heterocycles. The molecule has 0 unspecified atom stereocenters. The van der Waals surface area contributed by atoms with Crippen LogP contribution in [-0.2, 0) is 0 Å². The third kappa shape index (κ3) is 1.64. The van der Waals surface area contributed by atoms with Crippen molar-refractivity contribution in [3.63, 3.8) is 0 Å². The van der Waals surface area contributed by atoms with Gasteiger partial charge in [0.05, 0.1) is 0 Å². The first-order valence-electron chi connectivity index (χ1n) is 4.55. The van der Waals surface area contributed by atoms with Crippen LogP contribution in [0.25, 0.3) is 10.9 Å². The van der Waals surface area contributed by atoms with E-state index in [1.54, 1.807) is 6.08 Å². The molecule has 1 radical (unpaired) electrons. The predicted octanol–water partition coefficient (Wildman–Crippen LogP) is 2.84. The highest BCUT2D eigenvalue weighted by Crippen LogP contribution is 2.20. The number of H-pyrrole nitrogens is 1. The van der Waals surface area contributed by atoms with Crippen LogP contribution in [0.5, 0.6) is 5.75 Å². The van der Waals surface area contributed by atoms with Crippen LogP contribution in [0.3, 0.4) is 0 Å². The van der Waals surface area contributed by atoms with Crippen LogP contribution in [0.1, 0.15) is 5.69 Å². The molecule has 1 heterocycles. The molecule has 1 aromatic carbocycles. The van der Waals surface area contributed by atoms with E-state index in [9.17, 15) is 0 Å². The summed E-state index contributed by atoms with van der Waals surface area (Å²) in [4.78, 5) is 3.21. The fourth-order valence-electron chi connectivity index (χ4n) is 1.42. The molecule has 0 aliphatic carbocycles. The Labute approximate surface area is 83.2 Å². The maximum Gasteiger partial charge on any atom is 0.120 e. The van der Waals surface area contributed by atoms with Gasteiger partial charge in [0.2, 0.25) is 0 Å². The van der Waals surface area contributed by atoms with Crippen molar-refractivity contribution in [2.24, 2.45) is 0 Å². The molecule has 2 nitrogen and oxygen atoms in total. The summed E-state index contributed by atoms with van der Waals surface area (Å²) in [6, 6.07) is 9.13. The molecule has 0 spiro atoms. The number of aryl methyl sites for hydroxylation is 1. The molecular weight excluding hydrogens is 174 g/mol. The maximum atomic E-state index is 5.42. The lowest BCUT2D eigenvalue weighted by Gasteiger charge is -2.01. The Morgan fingerprint density at radius 3 is 3.21 bits per heavy atom. The first kappa shape index (κ1) is 8.88. The zero-order valence-electron chi connectivity index (χ0n) is 8.13. The number of aromatic nitrogens is 1. The van der Waals surface area contributed by atoms with Crippen LogP contribution in [0, 0.1) is 13.0 Å². The number of benzene rings is 1. The van der Waals surface area contributed by atoms with Crippen molar-refractivity contribution < 1.29 is 4.74 Å². The van der Waals surface area contributed by atoms with E-state index in [1.165, 1.54) is 0 Å². The highest BCUT2D eigenvalue weighted by molar-refractivity contribution is 5.81. The summed E-state index contributed by atoms with van der Waals surface area (Å²) in [6.07, 6.45) is 1.73. The van der Waals surface area contributed by atoms with Gasteiger partial charge in [-0.2, -0.15) is 0 Å². The quantitative estimate of drug-likeness (QED) is 0.732. The monoisotopic (exact) mass is 186 g/mol. The summed E-state index contributed by atoms with van der Waals surface area (Å²) < 4.78 is 5.42. The number of fused-ring (bicyclic) bond motifs is 1. The number of nitrogens with one attached hydrogen (secondary N) is 1. The summed E-state index contributed by atoms with van der Waals surface area (Å²) in [5.41, 5.74) is 2.13. The van der Waals surface area contributed by atoms with Crippen LogP contribution in [-0.4, -0.2) is 11.6 Å². The van der Waals surface area contributed by atoms with E-state index in [-0.39, 0.29) is 0 Å². The van der Waals surface area contributed by atoms with E-state index < -0.39 is 0 Å². The van der Waals surface area contributed by atoms with Crippen molar-refractivity contribution >= 4 is 10.9 Å². The van der Waals surface area contributed by atoms with Crippen molar-refractivity contribution in [3.8, 4) is 5.75 Å². The van der Waals surface area contributed by atoms with E-state index in [1.807, 2.05) is 25.1 Å². The van der Waals surface area contributed by atoms with Crippen molar-refractivity contribution in [2.45, 2.75) is 6.92 Å². The van der Waals surface area contributed by atoms with Crippen molar-refractivity contribution in [1.29, 1.82) is 0 Å². The van der Waals surface area contributed by atoms with Gasteiger partial charge in [-0.15, -0.1) is 0 Å². The Bertz CT molecular complexity index is 456. The Kier molecular flexibility index (Phi) is 2.27. The van der Waals surface area contributed by atoms with Gasteiger partial charge in [0.25, 0.3) is 0 Å². The summed E-state index contributed by atoms with van der Waals surface area (Å²) in [5.74, 6) is 0.854. The Morgan fingerprint density at radius 1 is 1.57 bits per heavy atom. The first-order chi connectivity index (χ1) is 6.79. The van der Waals surface area contributed by atoms with Gasteiger partial charge >= 0.3 is 0 Å². The Balaban J connectivity index is 2.35. The minimum atomic E-state index is 0.537. The third-order valence-electron chi connectivity index (χ3n) is 2.00. The van der Waals surface area contributed by atoms with Gasteiger partial charge in [0.15, 0.2) is 0 Å². The molecular formula is C12H12NO. The van der Waals surface area contributed by atoms with E-state index in [4.69, 9.17) is 4.74 Å². The Hall–Kier alpha value is -1.70. The van der Waals surface area contributed by atoms with Gasteiger partial charge in [0, 0.05) is 22.7 Å². The van der Waals surface area contributed by atoms with Crippen molar-refractivity contribution in [3.05, 3.63) is 42.6 Å². The first-order valence-corrected chi connectivity index (χ1v) is 4.55. The second-order valence-electron chi connectivity index (χ2n) is 3.18. The molecule has 0 aliphatic rings. The van der Waals surface area contributed by atoms with Gasteiger partial charge < -0.3 is 9.72 Å². The van der Waals surface area contributed by atoms with Crippen LogP contribution < -0.4 is 4.74 Å². The number of rotatable bonds is 3. The lowest BCUT2D eigenvalue weighted by molar-refractivity contribution is 0.364. The molecule has 2 rings (SSSR count). The summed E-state index contributed by atoms with van der Waals surface area (Å²) >= 11 is 0. The lowest BCUT2D eigenvalue weighted by atomic mass is 10.2. The Morgan fingerprint density at radius 2 is 2.43 bits per heavy atom. The third-order valence-corrected chi connectivity index (χ3v) is 2.00. The lowest BCUT2D eigenvalue weighted by Crippen LogP contribution is -1.91. The van der Waals surface area contributed by atoms with E-state index in [0.29, 0.717) is 6.61 Å². The molecule has 0 bridgehead atoms. The molecule has 0 aliphatic heterocycles. The predicted molar refractivity (Wildman–Crippen MR) is 57.6 cm³/mol. The fourth-order valence-corrected chi connectivity index (χ4v) is 1.42. The summed E-state index contributed by atoms with van der Waals surface area (Å²) in [6.45, 7) is 6.13. The topological polar surface area (TPSA) is 25.0 Å². The molecule has 14 heavy (non-hydrogen) atoms. The average Bonchev–Trinajstić information content (AvgIpc) is 2.54. The molecule has 0 saturated carbocycles. The second kappa shape index (κ2) is 3.58. The molecule has 1 N–H and O–H groups in total. The van der Waals surface area contributed by atoms with Gasteiger partial charge in [-0.25, -0.2) is 0 Å². The van der Waals surface area contributed by atoms with Gasteiger partial charge in [-0.1, -0.05) is 12.7 Å². The van der Waals surface area contributed by atoms with Crippen LogP contribution in [0.15, 0.2) is 30.9 Å². The molecule has 2 heteroatoms. The largest absolute Gasteiger partial charge is 0.490 e. The molecule has 71 valence electrons. The number of hydrogen-bond donors (Lipinski definition) is 1. The van der Waals surface area contributed by atoms with E-state index in [0.717, 1.165) is 22.3 Å². The number of hydrogen-bond acceptors (Lipinski definition) is 1. The van der Waals surface area contributed by atoms with Gasteiger partial charge in [-0.05, 0) is 25.1 Å². The molecule has 0 amide bonds. The molecule has 0 fully saturated rings. The minimum absolute atomic E-state index is 0.537. The van der Waals surface area contributed by atoms with Crippen LogP contribution in [0.4, 0.5) is 0 Å². The standard InChI is InChI=1S/C12H12NO/c1-3-6-14-11-4-5-12-10(8-11)7-9(2)13-12/h3-5,8,13H,1,6H2,2H3.